The van der Waals surface area contributed by atoms with Gasteiger partial charge in [0, 0.05) is 31.0 Å². The Balaban J connectivity index is 2.28. The SMILES string of the molecule is CCN(c1ccccc1)c1cc(CNC(C)C)c(Cl)cn1. The van der Waals surface area contributed by atoms with Gasteiger partial charge in [-0.2, -0.15) is 0 Å². The van der Waals surface area contributed by atoms with Crippen LogP contribution >= 0.6 is 11.6 Å². The molecule has 1 heterocycles. The van der Waals surface area contributed by atoms with Gasteiger partial charge in [-0.05, 0) is 30.7 Å². The van der Waals surface area contributed by atoms with Crippen LogP contribution in [-0.4, -0.2) is 17.6 Å². The second-order valence-corrected chi connectivity index (χ2v) is 5.66. The summed E-state index contributed by atoms with van der Waals surface area (Å²) in [7, 11) is 0. The predicted octanol–water partition coefficient (Wildman–Crippen LogP) is 4.39. The van der Waals surface area contributed by atoms with Crippen molar-refractivity contribution in [3.05, 3.63) is 53.2 Å². The van der Waals surface area contributed by atoms with Crippen LogP contribution < -0.4 is 10.2 Å². The third kappa shape index (κ3) is 4.19. The molecule has 0 saturated carbocycles. The average molecular weight is 304 g/mol. The maximum absolute atomic E-state index is 6.25. The fourth-order valence-electron chi connectivity index (χ4n) is 2.15. The fraction of sp³-hybridized carbons (Fsp3) is 0.353. The molecular formula is C17H22ClN3. The minimum absolute atomic E-state index is 0.425. The molecule has 21 heavy (non-hydrogen) atoms. The molecule has 1 N–H and O–H groups in total. The molecule has 3 nitrogen and oxygen atoms in total. The van der Waals surface area contributed by atoms with Gasteiger partial charge in [-0.1, -0.05) is 43.6 Å². The molecule has 0 radical (unpaired) electrons. The van der Waals surface area contributed by atoms with Gasteiger partial charge in [0.1, 0.15) is 5.82 Å². The van der Waals surface area contributed by atoms with Gasteiger partial charge in [-0.25, -0.2) is 4.98 Å². The highest BCUT2D eigenvalue weighted by molar-refractivity contribution is 6.31. The largest absolute Gasteiger partial charge is 0.327 e. The first kappa shape index (κ1) is 15.8. The summed E-state index contributed by atoms with van der Waals surface area (Å²) in [5.41, 5.74) is 2.21. The lowest BCUT2D eigenvalue weighted by Crippen LogP contribution is -2.23. The van der Waals surface area contributed by atoms with Gasteiger partial charge in [0.2, 0.25) is 0 Å². The first-order valence-corrected chi connectivity index (χ1v) is 7.70. The Kier molecular flexibility index (Phi) is 5.59. The summed E-state index contributed by atoms with van der Waals surface area (Å²) >= 11 is 6.25. The Labute approximate surface area is 132 Å². The van der Waals surface area contributed by atoms with E-state index in [2.05, 4.69) is 54.2 Å². The van der Waals surface area contributed by atoms with Crippen LogP contribution in [0.15, 0.2) is 42.6 Å². The fourth-order valence-corrected chi connectivity index (χ4v) is 2.32. The molecule has 0 aliphatic heterocycles. The van der Waals surface area contributed by atoms with Crippen LogP contribution in [0.4, 0.5) is 11.5 Å². The van der Waals surface area contributed by atoms with Crippen LogP contribution in [0.25, 0.3) is 0 Å². The molecule has 0 amide bonds. The Morgan fingerprint density at radius 3 is 2.57 bits per heavy atom. The third-order valence-electron chi connectivity index (χ3n) is 3.28. The number of benzene rings is 1. The number of nitrogens with one attached hydrogen (secondary N) is 1. The number of rotatable bonds is 6. The predicted molar refractivity (Wildman–Crippen MR) is 90.3 cm³/mol. The number of hydrogen-bond acceptors (Lipinski definition) is 3. The highest BCUT2D eigenvalue weighted by Gasteiger charge is 2.11. The summed E-state index contributed by atoms with van der Waals surface area (Å²) in [4.78, 5) is 6.66. The summed E-state index contributed by atoms with van der Waals surface area (Å²) in [5.74, 6) is 0.925. The molecule has 1 aromatic carbocycles. The summed E-state index contributed by atoms with van der Waals surface area (Å²) in [6, 6.07) is 12.8. The van der Waals surface area contributed by atoms with E-state index in [-0.39, 0.29) is 0 Å². The standard InChI is InChI=1S/C17H22ClN3/c1-4-21(15-8-6-5-7-9-15)17-10-14(11-19-13(2)3)16(18)12-20-17/h5-10,12-13,19H,4,11H2,1-3H3. The van der Waals surface area contributed by atoms with E-state index in [9.17, 15) is 0 Å². The first-order chi connectivity index (χ1) is 10.1. The van der Waals surface area contributed by atoms with Crippen molar-refractivity contribution >= 4 is 23.1 Å². The molecule has 0 aliphatic rings. The van der Waals surface area contributed by atoms with Gasteiger partial charge in [-0.3, -0.25) is 0 Å². The van der Waals surface area contributed by atoms with E-state index in [1.807, 2.05) is 18.2 Å². The summed E-state index contributed by atoms with van der Waals surface area (Å²) in [5, 5.41) is 4.10. The van der Waals surface area contributed by atoms with Crippen molar-refractivity contribution in [3.63, 3.8) is 0 Å². The number of nitrogens with zero attached hydrogens (tertiary/aromatic N) is 2. The van der Waals surface area contributed by atoms with Crippen molar-refractivity contribution in [2.75, 3.05) is 11.4 Å². The van der Waals surface area contributed by atoms with E-state index in [1.165, 1.54) is 0 Å². The molecule has 0 saturated heterocycles. The summed E-state index contributed by atoms with van der Waals surface area (Å²) in [6.45, 7) is 7.97. The van der Waals surface area contributed by atoms with Gasteiger partial charge < -0.3 is 10.2 Å². The minimum Gasteiger partial charge on any atom is -0.327 e. The maximum atomic E-state index is 6.25. The topological polar surface area (TPSA) is 28.2 Å². The Hall–Kier alpha value is -1.58. The number of anilines is 2. The first-order valence-electron chi connectivity index (χ1n) is 7.32. The Morgan fingerprint density at radius 1 is 1.24 bits per heavy atom. The third-order valence-corrected chi connectivity index (χ3v) is 3.62. The molecule has 0 unspecified atom stereocenters. The van der Waals surface area contributed by atoms with Crippen molar-refractivity contribution in [3.8, 4) is 0 Å². The van der Waals surface area contributed by atoms with E-state index in [1.54, 1.807) is 6.20 Å². The average Bonchev–Trinajstić information content (AvgIpc) is 2.49. The van der Waals surface area contributed by atoms with E-state index >= 15 is 0 Å². The van der Waals surface area contributed by atoms with Crippen molar-refractivity contribution in [1.82, 2.24) is 10.3 Å². The van der Waals surface area contributed by atoms with Crippen LogP contribution in [0, 0.1) is 0 Å². The van der Waals surface area contributed by atoms with Crippen molar-refractivity contribution in [2.24, 2.45) is 0 Å². The molecule has 2 aromatic rings. The Morgan fingerprint density at radius 2 is 1.95 bits per heavy atom. The second kappa shape index (κ2) is 7.43. The molecule has 1 aromatic heterocycles. The second-order valence-electron chi connectivity index (χ2n) is 5.25. The Bertz CT molecular complexity index is 570. The molecule has 0 atom stereocenters. The van der Waals surface area contributed by atoms with Gasteiger partial charge in [0.25, 0.3) is 0 Å². The van der Waals surface area contributed by atoms with Crippen LogP contribution in [0.3, 0.4) is 0 Å². The molecule has 0 bridgehead atoms. The number of aromatic nitrogens is 1. The number of pyridine rings is 1. The van der Waals surface area contributed by atoms with Gasteiger partial charge in [-0.15, -0.1) is 0 Å². The number of halogens is 1. The monoisotopic (exact) mass is 303 g/mol. The molecule has 2 rings (SSSR count). The highest BCUT2D eigenvalue weighted by Crippen LogP contribution is 2.26. The minimum atomic E-state index is 0.425. The zero-order valence-electron chi connectivity index (χ0n) is 12.8. The molecule has 0 spiro atoms. The zero-order chi connectivity index (χ0) is 15.2. The van der Waals surface area contributed by atoms with E-state index in [0.29, 0.717) is 11.1 Å². The van der Waals surface area contributed by atoms with Gasteiger partial charge >= 0.3 is 0 Å². The zero-order valence-corrected chi connectivity index (χ0v) is 13.6. The summed E-state index contributed by atoms with van der Waals surface area (Å²) in [6.07, 6.45) is 1.74. The maximum Gasteiger partial charge on any atom is 0.133 e. The highest BCUT2D eigenvalue weighted by atomic mass is 35.5. The van der Waals surface area contributed by atoms with Crippen LogP contribution in [-0.2, 0) is 6.54 Å². The van der Waals surface area contributed by atoms with Crippen molar-refractivity contribution in [2.45, 2.75) is 33.4 Å². The quantitative estimate of drug-likeness (QED) is 0.858. The van der Waals surface area contributed by atoms with E-state index < -0.39 is 0 Å². The van der Waals surface area contributed by atoms with Crippen LogP contribution in [0.2, 0.25) is 5.02 Å². The lowest BCUT2D eigenvalue weighted by atomic mass is 10.2. The van der Waals surface area contributed by atoms with Crippen molar-refractivity contribution < 1.29 is 0 Å². The van der Waals surface area contributed by atoms with E-state index in [0.717, 1.165) is 30.2 Å². The van der Waals surface area contributed by atoms with Crippen molar-refractivity contribution in [1.29, 1.82) is 0 Å². The number of hydrogen-bond donors (Lipinski definition) is 1. The lowest BCUT2D eigenvalue weighted by molar-refractivity contribution is 0.588. The molecule has 0 fully saturated rings. The lowest BCUT2D eigenvalue weighted by Gasteiger charge is -2.23. The molecule has 0 aliphatic carbocycles. The van der Waals surface area contributed by atoms with Gasteiger partial charge in [0.15, 0.2) is 0 Å². The van der Waals surface area contributed by atoms with Crippen LogP contribution in [0.5, 0.6) is 0 Å². The van der Waals surface area contributed by atoms with Crippen LogP contribution in [0.1, 0.15) is 26.3 Å². The molecular weight excluding hydrogens is 282 g/mol. The summed E-state index contributed by atoms with van der Waals surface area (Å²) < 4.78 is 0. The normalized spacial score (nSPS) is 10.9. The van der Waals surface area contributed by atoms with Gasteiger partial charge in [0.05, 0.1) is 5.02 Å². The molecule has 4 heteroatoms. The van der Waals surface area contributed by atoms with E-state index in [4.69, 9.17) is 11.6 Å². The number of para-hydroxylation sites is 1. The smallest absolute Gasteiger partial charge is 0.133 e. The molecule has 112 valence electrons.